The molecule has 0 aliphatic carbocycles. The van der Waals surface area contributed by atoms with Crippen LogP contribution in [0.3, 0.4) is 0 Å². The molecular formula is C10H14N4O2S. The standard InChI is InChI=1S/C10H14N4O2S/c11-9(14-15)8-3-4-12-10(13-8)17-6-7-2-1-5-16-7/h3-4,7,15H,1-2,5-6H2,(H2,11,14). The van der Waals surface area contributed by atoms with Crippen molar-refractivity contribution in [3.63, 3.8) is 0 Å². The number of oxime groups is 1. The Morgan fingerprint density at radius 2 is 2.59 bits per heavy atom. The van der Waals surface area contributed by atoms with Gasteiger partial charge in [-0.3, -0.25) is 0 Å². The van der Waals surface area contributed by atoms with E-state index in [1.807, 2.05) is 0 Å². The van der Waals surface area contributed by atoms with Crippen molar-refractivity contribution in [1.82, 2.24) is 9.97 Å². The first-order valence-corrected chi connectivity index (χ1v) is 6.33. The van der Waals surface area contributed by atoms with Gasteiger partial charge in [-0.1, -0.05) is 16.9 Å². The fourth-order valence-corrected chi connectivity index (χ4v) is 2.44. The van der Waals surface area contributed by atoms with Crippen molar-refractivity contribution in [2.24, 2.45) is 10.9 Å². The van der Waals surface area contributed by atoms with E-state index < -0.39 is 0 Å². The number of amidine groups is 1. The summed E-state index contributed by atoms with van der Waals surface area (Å²) in [6.45, 7) is 0.843. The highest BCUT2D eigenvalue weighted by Gasteiger charge is 2.16. The summed E-state index contributed by atoms with van der Waals surface area (Å²) < 4.78 is 5.51. The SMILES string of the molecule is N/C(=N/O)c1ccnc(SCC2CCCO2)n1. The highest BCUT2D eigenvalue weighted by Crippen LogP contribution is 2.20. The molecule has 0 saturated carbocycles. The lowest BCUT2D eigenvalue weighted by molar-refractivity contribution is 0.129. The van der Waals surface area contributed by atoms with Gasteiger partial charge in [0.2, 0.25) is 0 Å². The minimum atomic E-state index is -0.00799. The number of rotatable bonds is 4. The highest BCUT2D eigenvalue weighted by molar-refractivity contribution is 7.99. The van der Waals surface area contributed by atoms with Crippen LogP contribution in [0.5, 0.6) is 0 Å². The van der Waals surface area contributed by atoms with E-state index in [0.717, 1.165) is 25.2 Å². The summed E-state index contributed by atoms with van der Waals surface area (Å²) in [5.74, 6) is 0.825. The van der Waals surface area contributed by atoms with E-state index in [9.17, 15) is 0 Å². The second-order valence-electron chi connectivity index (χ2n) is 3.66. The zero-order chi connectivity index (χ0) is 12.1. The predicted octanol–water partition coefficient (Wildman–Crippen LogP) is 0.842. The van der Waals surface area contributed by atoms with Crippen LogP contribution < -0.4 is 5.73 Å². The van der Waals surface area contributed by atoms with E-state index in [4.69, 9.17) is 15.7 Å². The van der Waals surface area contributed by atoms with Crippen molar-refractivity contribution in [3.8, 4) is 0 Å². The third kappa shape index (κ3) is 3.31. The average molecular weight is 254 g/mol. The number of ether oxygens (including phenoxy) is 1. The number of hydrogen-bond donors (Lipinski definition) is 2. The van der Waals surface area contributed by atoms with Crippen LogP contribution in [-0.2, 0) is 4.74 Å². The van der Waals surface area contributed by atoms with E-state index in [1.165, 1.54) is 11.8 Å². The molecule has 1 aromatic rings. The Hall–Kier alpha value is -1.34. The van der Waals surface area contributed by atoms with Gasteiger partial charge in [-0.25, -0.2) is 9.97 Å². The molecule has 1 aliphatic heterocycles. The van der Waals surface area contributed by atoms with Crippen LogP contribution in [-0.4, -0.2) is 39.5 Å². The molecular weight excluding hydrogens is 240 g/mol. The lowest BCUT2D eigenvalue weighted by Crippen LogP contribution is -2.15. The molecule has 0 radical (unpaired) electrons. The maximum absolute atomic E-state index is 8.56. The summed E-state index contributed by atoms with van der Waals surface area (Å²) in [5, 5.41) is 12.1. The third-order valence-electron chi connectivity index (χ3n) is 2.43. The Labute approximate surface area is 103 Å². The lowest BCUT2D eigenvalue weighted by atomic mass is 10.3. The average Bonchev–Trinajstić information content (AvgIpc) is 2.89. The predicted molar refractivity (Wildman–Crippen MR) is 64.2 cm³/mol. The molecule has 0 spiro atoms. The number of thioether (sulfide) groups is 1. The molecule has 7 heteroatoms. The van der Waals surface area contributed by atoms with Gasteiger partial charge in [-0.2, -0.15) is 0 Å². The molecule has 1 atom stereocenters. The summed E-state index contributed by atoms with van der Waals surface area (Å²) in [4.78, 5) is 8.31. The van der Waals surface area contributed by atoms with Gasteiger partial charge in [0, 0.05) is 18.6 Å². The zero-order valence-electron chi connectivity index (χ0n) is 9.24. The largest absolute Gasteiger partial charge is 0.409 e. The smallest absolute Gasteiger partial charge is 0.188 e. The first-order chi connectivity index (χ1) is 8.29. The van der Waals surface area contributed by atoms with Gasteiger partial charge in [0.15, 0.2) is 11.0 Å². The fourth-order valence-electron chi connectivity index (χ4n) is 1.55. The van der Waals surface area contributed by atoms with Gasteiger partial charge in [-0.15, -0.1) is 0 Å². The summed E-state index contributed by atoms with van der Waals surface area (Å²) in [6, 6.07) is 1.60. The van der Waals surface area contributed by atoms with Crippen LogP contribution in [0.25, 0.3) is 0 Å². The number of nitrogens with zero attached hydrogens (tertiary/aromatic N) is 3. The van der Waals surface area contributed by atoms with Gasteiger partial charge < -0.3 is 15.7 Å². The summed E-state index contributed by atoms with van der Waals surface area (Å²) in [7, 11) is 0. The Kier molecular flexibility index (Phi) is 4.16. The second-order valence-corrected chi connectivity index (χ2v) is 4.64. The molecule has 0 aromatic carbocycles. The molecule has 2 rings (SSSR count). The van der Waals surface area contributed by atoms with Crippen molar-refractivity contribution < 1.29 is 9.94 Å². The molecule has 0 amide bonds. The normalized spacial score (nSPS) is 20.7. The first-order valence-electron chi connectivity index (χ1n) is 5.35. The van der Waals surface area contributed by atoms with E-state index in [2.05, 4.69) is 15.1 Å². The zero-order valence-corrected chi connectivity index (χ0v) is 10.1. The topological polar surface area (TPSA) is 93.6 Å². The Morgan fingerprint density at radius 1 is 1.71 bits per heavy atom. The van der Waals surface area contributed by atoms with Crippen LogP contribution in [0.4, 0.5) is 0 Å². The molecule has 3 N–H and O–H groups in total. The van der Waals surface area contributed by atoms with Crippen molar-refractivity contribution in [1.29, 1.82) is 0 Å². The van der Waals surface area contributed by atoms with Crippen LogP contribution in [0.15, 0.2) is 22.6 Å². The van der Waals surface area contributed by atoms with E-state index in [1.54, 1.807) is 12.3 Å². The van der Waals surface area contributed by atoms with Gasteiger partial charge in [0.1, 0.15) is 5.69 Å². The molecule has 6 nitrogen and oxygen atoms in total. The minimum Gasteiger partial charge on any atom is -0.409 e. The summed E-state index contributed by atoms with van der Waals surface area (Å²) in [5.41, 5.74) is 5.89. The molecule has 2 heterocycles. The fraction of sp³-hybridized carbons (Fsp3) is 0.500. The highest BCUT2D eigenvalue weighted by atomic mass is 32.2. The summed E-state index contributed by atoms with van der Waals surface area (Å²) in [6.07, 6.45) is 4.09. The van der Waals surface area contributed by atoms with E-state index >= 15 is 0 Å². The Bertz CT molecular complexity index is 407. The molecule has 1 aromatic heterocycles. The van der Waals surface area contributed by atoms with Gasteiger partial charge in [-0.05, 0) is 18.9 Å². The number of nitrogens with two attached hydrogens (primary N) is 1. The number of aromatic nitrogens is 2. The van der Waals surface area contributed by atoms with E-state index in [0.29, 0.717) is 10.9 Å². The van der Waals surface area contributed by atoms with Gasteiger partial charge >= 0.3 is 0 Å². The van der Waals surface area contributed by atoms with Gasteiger partial charge in [0.25, 0.3) is 0 Å². The Balaban J connectivity index is 1.96. The second kappa shape index (κ2) is 5.83. The lowest BCUT2D eigenvalue weighted by Gasteiger charge is -2.07. The van der Waals surface area contributed by atoms with Crippen molar-refractivity contribution in [2.45, 2.75) is 24.1 Å². The molecule has 1 saturated heterocycles. The van der Waals surface area contributed by atoms with Crippen LogP contribution >= 0.6 is 11.8 Å². The third-order valence-corrected chi connectivity index (χ3v) is 3.42. The monoisotopic (exact) mass is 254 g/mol. The number of hydrogen-bond acceptors (Lipinski definition) is 6. The van der Waals surface area contributed by atoms with Crippen LogP contribution in [0.2, 0.25) is 0 Å². The molecule has 1 unspecified atom stereocenters. The van der Waals surface area contributed by atoms with Crippen LogP contribution in [0.1, 0.15) is 18.5 Å². The molecule has 0 bridgehead atoms. The molecule has 1 fully saturated rings. The molecule has 92 valence electrons. The quantitative estimate of drug-likeness (QED) is 0.206. The van der Waals surface area contributed by atoms with E-state index in [-0.39, 0.29) is 11.9 Å². The first kappa shape index (κ1) is 12.1. The van der Waals surface area contributed by atoms with Crippen LogP contribution in [0, 0.1) is 0 Å². The molecule has 1 aliphatic rings. The maximum atomic E-state index is 8.56. The van der Waals surface area contributed by atoms with Crippen molar-refractivity contribution in [2.75, 3.05) is 12.4 Å². The maximum Gasteiger partial charge on any atom is 0.188 e. The minimum absolute atomic E-state index is 0.00799. The van der Waals surface area contributed by atoms with Gasteiger partial charge in [0.05, 0.1) is 6.10 Å². The molecule has 17 heavy (non-hydrogen) atoms. The van der Waals surface area contributed by atoms with Crippen molar-refractivity contribution in [3.05, 3.63) is 18.0 Å². The summed E-state index contributed by atoms with van der Waals surface area (Å²) >= 11 is 1.52. The Morgan fingerprint density at radius 3 is 3.29 bits per heavy atom. The van der Waals surface area contributed by atoms with Crippen molar-refractivity contribution >= 4 is 17.6 Å².